The van der Waals surface area contributed by atoms with Crippen LogP contribution in [0.1, 0.15) is 18.5 Å². The quantitative estimate of drug-likeness (QED) is 0.801. The lowest BCUT2D eigenvalue weighted by Gasteiger charge is -2.01. The Labute approximate surface area is 126 Å². The van der Waals surface area contributed by atoms with Crippen molar-refractivity contribution < 1.29 is 4.42 Å². The van der Waals surface area contributed by atoms with E-state index in [2.05, 4.69) is 15.3 Å². The number of nitrogens with two attached hydrogens (primary N) is 1. The fourth-order valence-corrected chi connectivity index (χ4v) is 2.22. The molecule has 108 valence electrons. The zero-order valence-corrected chi connectivity index (χ0v) is 12.2. The lowest BCUT2D eigenvalue weighted by Crippen LogP contribution is -2.06. The number of halogens is 1. The normalized spacial score (nSPS) is 11.0. The standard InChI is InChI=1S/C14H14ClN5O/c1-2-11-14(16)18-19-20(11)8-13-17-7-12(21-13)9-3-5-10(15)6-4-9/h3-7H,2,8,16H2,1H3. The zero-order chi connectivity index (χ0) is 14.8. The van der Waals surface area contributed by atoms with E-state index in [4.69, 9.17) is 21.8 Å². The van der Waals surface area contributed by atoms with Crippen molar-refractivity contribution in [1.82, 2.24) is 20.0 Å². The van der Waals surface area contributed by atoms with Gasteiger partial charge in [0, 0.05) is 10.6 Å². The molecule has 0 atom stereocenters. The maximum Gasteiger partial charge on any atom is 0.216 e. The minimum absolute atomic E-state index is 0.404. The van der Waals surface area contributed by atoms with Gasteiger partial charge in [-0.25, -0.2) is 9.67 Å². The van der Waals surface area contributed by atoms with Gasteiger partial charge in [0.05, 0.1) is 11.9 Å². The molecule has 0 aliphatic carbocycles. The lowest BCUT2D eigenvalue weighted by atomic mass is 10.2. The van der Waals surface area contributed by atoms with Crippen molar-refractivity contribution in [3.8, 4) is 11.3 Å². The maximum absolute atomic E-state index is 5.87. The summed E-state index contributed by atoms with van der Waals surface area (Å²) in [5, 5.41) is 8.55. The lowest BCUT2D eigenvalue weighted by molar-refractivity contribution is 0.463. The van der Waals surface area contributed by atoms with E-state index in [0.29, 0.717) is 29.0 Å². The van der Waals surface area contributed by atoms with E-state index in [1.165, 1.54) is 0 Å². The molecule has 0 radical (unpaired) electrons. The van der Waals surface area contributed by atoms with Crippen LogP contribution < -0.4 is 5.73 Å². The molecular weight excluding hydrogens is 290 g/mol. The van der Waals surface area contributed by atoms with Gasteiger partial charge in [0.15, 0.2) is 11.6 Å². The molecule has 3 aromatic rings. The van der Waals surface area contributed by atoms with Crippen molar-refractivity contribution in [3.05, 3.63) is 47.1 Å². The predicted molar refractivity (Wildman–Crippen MR) is 79.9 cm³/mol. The first-order chi connectivity index (χ1) is 10.2. The second-order valence-electron chi connectivity index (χ2n) is 4.56. The summed E-state index contributed by atoms with van der Waals surface area (Å²) in [6.45, 7) is 2.40. The third-order valence-corrected chi connectivity index (χ3v) is 3.42. The number of hydrogen-bond acceptors (Lipinski definition) is 5. The van der Waals surface area contributed by atoms with Gasteiger partial charge in [-0.05, 0) is 30.7 Å². The van der Waals surface area contributed by atoms with E-state index in [1.54, 1.807) is 10.9 Å². The second-order valence-corrected chi connectivity index (χ2v) is 4.99. The zero-order valence-electron chi connectivity index (χ0n) is 11.5. The Morgan fingerprint density at radius 2 is 2.05 bits per heavy atom. The minimum atomic E-state index is 0.404. The molecule has 0 saturated heterocycles. The molecule has 2 aromatic heterocycles. The smallest absolute Gasteiger partial charge is 0.216 e. The number of hydrogen-bond donors (Lipinski definition) is 1. The van der Waals surface area contributed by atoms with Crippen LogP contribution in [-0.4, -0.2) is 20.0 Å². The molecule has 0 aliphatic rings. The van der Waals surface area contributed by atoms with Crippen LogP contribution in [0.3, 0.4) is 0 Å². The van der Waals surface area contributed by atoms with E-state index in [-0.39, 0.29) is 0 Å². The van der Waals surface area contributed by atoms with Crippen LogP contribution in [-0.2, 0) is 13.0 Å². The number of nitrogen functional groups attached to an aromatic ring is 1. The van der Waals surface area contributed by atoms with E-state index in [1.807, 2.05) is 31.2 Å². The van der Waals surface area contributed by atoms with Crippen LogP contribution in [0, 0.1) is 0 Å². The summed E-state index contributed by atoms with van der Waals surface area (Å²) in [4.78, 5) is 4.27. The fourth-order valence-electron chi connectivity index (χ4n) is 2.10. The number of benzene rings is 1. The predicted octanol–water partition coefficient (Wildman–Crippen LogP) is 2.78. The van der Waals surface area contributed by atoms with Crippen molar-refractivity contribution in [2.45, 2.75) is 19.9 Å². The van der Waals surface area contributed by atoms with E-state index >= 15 is 0 Å². The average Bonchev–Trinajstić information content (AvgIpc) is 3.07. The first-order valence-corrected chi connectivity index (χ1v) is 6.93. The van der Waals surface area contributed by atoms with E-state index in [0.717, 1.165) is 17.7 Å². The van der Waals surface area contributed by atoms with Crippen LogP contribution in [0.25, 0.3) is 11.3 Å². The van der Waals surface area contributed by atoms with Gasteiger partial charge in [-0.15, -0.1) is 5.10 Å². The maximum atomic E-state index is 5.87. The molecule has 1 aromatic carbocycles. The van der Waals surface area contributed by atoms with E-state index < -0.39 is 0 Å². The highest BCUT2D eigenvalue weighted by Crippen LogP contribution is 2.22. The molecule has 2 heterocycles. The largest absolute Gasteiger partial charge is 0.439 e. The summed E-state index contributed by atoms with van der Waals surface area (Å²) < 4.78 is 7.44. The third kappa shape index (κ3) is 2.75. The van der Waals surface area contributed by atoms with Crippen molar-refractivity contribution in [2.24, 2.45) is 0 Å². The van der Waals surface area contributed by atoms with Crippen LogP contribution in [0.2, 0.25) is 5.02 Å². The first-order valence-electron chi connectivity index (χ1n) is 6.56. The van der Waals surface area contributed by atoms with Gasteiger partial charge >= 0.3 is 0 Å². The molecule has 6 nitrogen and oxygen atoms in total. The van der Waals surface area contributed by atoms with Gasteiger partial charge in [0.2, 0.25) is 5.89 Å². The molecule has 2 N–H and O–H groups in total. The molecule has 7 heteroatoms. The first kappa shape index (κ1) is 13.6. The summed E-state index contributed by atoms with van der Waals surface area (Å²) in [6.07, 6.45) is 2.44. The average molecular weight is 304 g/mol. The topological polar surface area (TPSA) is 82.8 Å². The summed E-state index contributed by atoms with van der Waals surface area (Å²) in [7, 11) is 0. The molecule has 0 fully saturated rings. The van der Waals surface area contributed by atoms with Crippen LogP contribution in [0.4, 0.5) is 5.82 Å². The number of anilines is 1. The molecule has 0 saturated carbocycles. The molecule has 0 unspecified atom stereocenters. The summed E-state index contributed by atoms with van der Waals surface area (Å²) >= 11 is 5.87. The van der Waals surface area contributed by atoms with E-state index in [9.17, 15) is 0 Å². The summed E-state index contributed by atoms with van der Waals surface area (Å²) in [5.74, 6) is 1.69. The third-order valence-electron chi connectivity index (χ3n) is 3.17. The molecule has 21 heavy (non-hydrogen) atoms. The molecule has 3 rings (SSSR count). The molecule has 0 bridgehead atoms. The van der Waals surface area contributed by atoms with Gasteiger partial charge in [-0.3, -0.25) is 0 Å². The number of nitrogens with zero attached hydrogens (tertiary/aromatic N) is 4. The Morgan fingerprint density at radius 1 is 1.29 bits per heavy atom. The molecule has 0 aliphatic heterocycles. The Morgan fingerprint density at radius 3 is 2.76 bits per heavy atom. The highest BCUT2D eigenvalue weighted by molar-refractivity contribution is 6.30. The van der Waals surface area contributed by atoms with Gasteiger partial charge in [-0.1, -0.05) is 23.7 Å². The summed E-state index contributed by atoms with van der Waals surface area (Å²) in [6, 6.07) is 7.40. The SMILES string of the molecule is CCc1c(N)nnn1Cc1ncc(-c2ccc(Cl)cc2)o1. The molecule has 0 amide bonds. The summed E-state index contributed by atoms with van der Waals surface area (Å²) in [5.41, 5.74) is 7.56. The van der Waals surface area contributed by atoms with Crippen LogP contribution >= 0.6 is 11.6 Å². The Kier molecular flexibility index (Phi) is 3.62. The highest BCUT2D eigenvalue weighted by Gasteiger charge is 2.12. The molecule has 0 spiro atoms. The minimum Gasteiger partial charge on any atom is -0.439 e. The van der Waals surface area contributed by atoms with Crippen LogP contribution in [0.15, 0.2) is 34.9 Å². The van der Waals surface area contributed by atoms with Crippen molar-refractivity contribution in [3.63, 3.8) is 0 Å². The highest BCUT2D eigenvalue weighted by atomic mass is 35.5. The van der Waals surface area contributed by atoms with Crippen molar-refractivity contribution in [1.29, 1.82) is 0 Å². The number of rotatable bonds is 4. The second kappa shape index (κ2) is 5.57. The number of oxazole rings is 1. The van der Waals surface area contributed by atoms with Gasteiger partial charge in [-0.2, -0.15) is 0 Å². The Hall–Kier alpha value is -2.34. The number of aromatic nitrogens is 4. The van der Waals surface area contributed by atoms with Gasteiger partial charge in [0.25, 0.3) is 0 Å². The monoisotopic (exact) mass is 303 g/mol. The molecular formula is C14H14ClN5O. The van der Waals surface area contributed by atoms with Gasteiger partial charge < -0.3 is 10.2 Å². The fraction of sp³-hybridized carbons (Fsp3) is 0.214. The van der Waals surface area contributed by atoms with Crippen molar-refractivity contribution in [2.75, 3.05) is 5.73 Å². The Balaban J connectivity index is 1.83. The van der Waals surface area contributed by atoms with Gasteiger partial charge in [0.1, 0.15) is 6.54 Å². The Bertz CT molecular complexity index is 747. The van der Waals surface area contributed by atoms with Crippen molar-refractivity contribution >= 4 is 17.4 Å². The van der Waals surface area contributed by atoms with Crippen LogP contribution in [0.5, 0.6) is 0 Å².